The summed E-state index contributed by atoms with van der Waals surface area (Å²) in [4.78, 5) is 11.3. The van der Waals surface area contributed by atoms with Gasteiger partial charge in [0.1, 0.15) is 17.2 Å². The van der Waals surface area contributed by atoms with Crippen molar-refractivity contribution < 1.29 is 18.7 Å². The second-order valence-corrected chi connectivity index (χ2v) is 5.27. The number of benzene rings is 1. The molecule has 1 heterocycles. The number of aliphatic carboxylic acids is 1. The number of hydrogen-bond donors (Lipinski definition) is 2. The summed E-state index contributed by atoms with van der Waals surface area (Å²) in [5.74, 6) is -2.52. The van der Waals surface area contributed by atoms with Crippen LogP contribution in [0.3, 0.4) is 0 Å². The van der Waals surface area contributed by atoms with Gasteiger partial charge in [0.25, 0.3) is 0 Å². The molecule has 98 valence electrons. The Balaban J connectivity index is 2.39. The predicted octanol–water partition coefficient (Wildman–Crippen LogP) is 2.48. The second-order valence-electron chi connectivity index (χ2n) is 4.42. The van der Waals surface area contributed by atoms with Crippen molar-refractivity contribution in [3.8, 4) is 0 Å². The minimum absolute atomic E-state index is 0.137. The summed E-state index contributed by atoms with van der Waals surface area (Å²) in [6.07, 6.45) is 0.858. The zero-order chi connectivity index (χ0) is 13.3. The molecule has 0 aliphatic carbocycles. The van der Waals surface area contributed by atoms with Gasteiger partial charge < -0.3 is 10.4 Å². The summed E-state index contributed by atoms with van der Waals surface area (Å²) in [7, 11) is 0. The van der Waals surface area contributed by atoms with Crippen LogP contribution in [0.25, 0.3) is 0 Å². The van der Waals surface area contributed by atoms with Crippen molar-refractivity contribution in [1.82, 2.24) is 5.32 Å². The Morgan fingerprint density at radius 3 is 2.78 bits per heavy atom. The van der Waals surface area contributed by atoms with Crippen LogP contribution < -0.4 is 5.32 Å². The monoisotopic (exact) mass is 319 g/mol. The van der Waals surface area contributed by atoms with Gasteiger partial charge in [-0.15, -0.1) is 0 Å². The molecule has 2 N–H and O–H groups in total. The molecule has 1 unspecified atom stereocenters. The summed E-state index contributed by atoms with van der Waals surface area (Å²) < 4.78 is 27.6. The van der Waals surface area contributed by atoms with E-state index in [4.69, 9.17) is 0 Å². The van der Waals surface area contributed by atoms with Gasteiger partial charge in [0.2, 0.25) is 0 Å². The maximum atomic E-state index is 13.8. The molecule has 1 atom stereocenters. The van der Waals surface area contributed by atoms with Gasteiger partial charge >= 0.3 is 5.97 Å². The van der Waals surface area contributed by atoms with Crippen LogP contribution in [0.5, 0.6) is 0 Å². The van der Waals surface area contributed by atoms with Gasteiger partial charge in [0.15, 0.2) is 0 Å². The smallest absolute Gasteiger partial charge is 0.324 e. The molecule has 1 saturated heterocycles. The molecule has 0 radical (unpaired) electrons. The average molecular weight is 320 g/mol. The number of hydrogen-bond acceptors (Lipinski definition) is 2. The molecule has 1 aromatic rings. The van der Waals surface area contributed by atoms with E-state index < -0.39 is 23.1 Å². The minimum Gasteiger partial charge on any atom is -0.480 e. The van der Waals surface area contributed by atoms with E-state index in [0.29, 0.717) is 19.4 Å². The lowest BCUT2D eigenvalue weighted by Crippen LogP contribution is -2.49. The van der Waals surface area contributed by atoms with E-state index in [1.165, 1.54) is 6.07 Å². The number of nitrogens with one attached hydrogen (secondary N) is 1. The maximum Gasteiger partial charge on any atom is 0.324 e. The van der Waals surface area contributed by atoms with E-state index in [1.807, 2.05) is 0 Å². The molecule has 6 heteroatoms. The van der Waals surface area contributed by atoms with Crippen molar-refractivity contribution in [2.24, 2.45) is 0 Å². The highest BCUT2D eigenvalue weighted by atomic mass is 79.9. The fourth-order valence-corrected chi connectivity index (χ4v) is 2.62. The van der Waals surface area contributed by atoms with Crippen LogP contribution in [0.4, 0.5) is 8.78 Å². The molecule has 0 aromatic heterocycles. The van der Waals surface area contributed by atoms with E-state index in [1.54, 1.807) is 0 Å². The lowest BCUT2D eigenvalue weighted by molar-refractivity contribution is -0.144. The molecule has 0 amide bonds. The number of carboxylic acid groups (broad SMARTS) is 1. The van der Waals surface area contributed by atoms with Crippen molar-refractivity contribution in [2.75, 3.05) is 6.54 Å². The van der Waals surface area contributed by atoms with E-state index in [9.17, 15) is 18.7 Å². The van der Waals surface area contributed by atoms with Crippen molar-refractivity contribution >= 4 is 21.9 Å². The topological polar surface area (TPSA) is 49.3 Å². The molecule has 0 saturated carbocycles. The van der Waals surface area contributed by atoms with Gasteiger partial charge in [-0.05, 0) is 47.4 Å². The Kier molecular flexibility index (Phi) is 3.68. The van der Waals surface area contributed by atoms with Crippen molar-refractivity contribution in [3.63, 3.8) is 0 Å². The van der Waals surface area contributed by atoms with Gasteiger partial charge in [-0.25, -0.2) is 8.78 Å². The zero-order valence-electron chi connectivity index (χ0n) is 9.47. The Bertz CT molecular complexity index is 487. The Hall–Kier alpha value is -1.01. The standard InChI is InChI=1S/C12H12BrF2NO2/c13-8-2-3-9(14)7(10(8)15)6-12(11(17)18)4-1-5-16-12/h2-3,16H,1,4-6H2,(H,17,18). The normalized spacial score (nSPS) is 23.3. The van der Waals surface area contributed by atoms with E-state index in [0.717, 1.165) is 6.07 Å². The zero-order valence-corrected chi connectivity index (χ0v) is 11.1. The number of carboxylic acids is 1. The third kappa shape index (κ3) is 2.27. The van der Waals surface area contributed by atoms with Crippen molar-refractivity contribution in [3.05, 3.63) is 33.8 Å². The lowest BCUT2D eigenvalue weighted by Gasteiger charge is -2.25. The molecular formula is C12H12BrF2NO2. The second kappa shape index (κ2) is 4.93. The Morgan fingerprint density at radius 2 is 2.22 bits per heavy atom. The average Bonchev–Trinajstić information content (AvgIpc) is 2.80. The van der Waals surface area contributed by atoms with Gasteiger partial charge in [-0.1, -0.05) is 0 Å². The Labute approximate surface area is 111 Å². The summed E-state index contributed by atoms with van der Waals surface area (Å²) in [5, 5.41) is 12.1. The fourth-order valence-electron chi connectivity index (χ4n) is 2.25. The van der Waals surface area contributed by atoms with Crippen LogP contribution in [-0.2, 0) is 11.2 Å². The van der Waals surface area contributed by atoms with Crippen LogP contribution in [-0.4, -0.2) is 23.2 Å². The molecule has 18 heavy (non-hydrogen) atoms. The molecule has 0 bridgehead atoms. The number of carbonyl (C=O) groups is 1. The third-order valence-corrected chi connectivity index (χ3v) is 3.88. The highest BCUT2D eigenvalue weighted by Crippen LogP contribution is 2.29. The first kappa shape index (κ1) is 13.4. The van der Waals surface area contributed by atoms with Crippen molar-refractivity contribution in [1.29, 1.82) is 0 Å². The first-order chi connectivity index (χ1) is 8.46. The summed E-state index contributed by atoms with van der Waals surface area (Å²) >= 11 is 2.97. The minimum atomic E-state index is -1.26. The number of halogens is 3. The highest BCUT2D eigenvalue weighted by Gasteiger charge is 2.42. The van der Waals surface area contributed by atoms with Gasteiger partial charge in [0, 0.05) is 12.0 Å². The fraction of sp³-hybridized carbons (Fsp3) is 0.417. The first-order valence-electron chi connectivity index (χ1n) is 5.57. The molecule has 0 spiro atoms. The molecule has 1 aromatic carbocycles. The predicted molar refractivity (Wildman–Crippen MR) is 65.4 cm³/mol. The maximum absolute atomic E-state index is 13.8. The number of rotatable bonds is 3. The van der Waals surface area contributed by atoms with Crippen LogP contribution >= 0.6 is 15.9 Å². The van der Waals surface area contributed by atoms with E-state index >= 15 is 0 Å². The van der Waals surface area contributed by atoms with Gasteiger partial charge in [-0.3, -0.25) is 4.79 Å². The summed E-state index contributed by atoms with van der Waals surface area (Å²) in [6.45, 7) is 0.545. The summed E-state index contributed by atoms with van der Waals surface area (Å²) in [6, 6.07) is 2.40. The molecule has 1 aliphatic rings. The summed E-state index contributed by atoms with van der Waals surface area (Å²) in [5.41, 5.74) is -1.45. The lowest BCUT2D eigenvalue weighted by atomic mass is 9.89. The Morgan fingerprint density at radius 1 is 1.50 bits per heavy atom. The van der Waals surface area contributed by atoms with Crippen molar-refractivity contribution in [2.45, 2.75) is 24.8 Å². The highest BCUT2D eigenvalue weighted by molar-refractivity contribution is 9.10. The molecule has 3 nitrogen and oxygen atoms in total. The molecular weight excluding hydrogens is 308 g/mol. The van der Waals surface area contributed by atoms with Crippen LogP contribution in [0.2, 0.25) is 0 Å². The third-order valence-electron chi connectivity index (χ3n) is 3.27. The van der Waals surface area contributed by atoms with Crippen LogP contribution in [0, 0.1) is 11.6 Å². The molecule has 2 rings (SSSR count). The van der Waals surface area contributed by atoms with E-state index in [-0.39, 0.29) is 16.5 Å². The van der Waals surface area contributed by atoms with Crippen LogP contribution in [0.1, 0.15) is 18.4 Å². The SMILES string of the molecule is O=C(O)C1(Cc2c(F)ccc(Br)c2F)CCCN1. The van der Waals surface area contributed by atoms with Crippen LogP contribution in [0.15, 0.2) is 16.6 Å². The first-order valence-corrected chi connectivity index (χ1v) is 6.36. The van der Waals surface area contributed by atoms with E-state index in [2.05, 4.69) is 21.2 Å². The quantitative estimate of drug-likeness (QED) is 0.841. The molecule has 1 aliphatic heterocycles. The largest absolute Gasteiger partial charge is 0.480 e. The van der Waals surface area contributed by atoms with Gasteiger partial charge in [0.05, 0.1) is 4.47 Å². The van der Waals surface area contributed by atoms with Gasteiger partial charge in [-0.2, -0.15) is 0 Å². The molecule has 1 fully saturated rings.